The van der Waals surface area contributed by atoms with Crippen molar-refractivity contribution in [2.45, 2.75) is 25.7 Å². The van der Waals surface area contributed by atoms with E-state index in [1.165, 1.54) is 11.3 Å². The second kappa shape index (κ2) is 8.11. The number of thiazole rings is 1. The summed E-state index contributed by atoms with van der Waals surface area (Å²) in [5.41, 5.74) is 2.60. The summed E-state index contributed by atoms with van der Waals surface area (Å²) < 4.78 is 7.37. The maximum Gasteiger partial charge on any atom is 0.265 e. The zero-order valence-electron chi connectivity index (χ0n) is 17.5. The molecule has 1 amide bonds. The number of aromatic nitrogens is 4. The molecule has 0 saturated carbocycles. The number of benzene rings is 1. The zero-order chi connectivity index (χ0) is 21.4. The Hall–Kier alpha value is -3.26. The van der Waals surface area contributed by atoms with Crippen molar-refractivity contribution < 1.29 is 9.53 Å². The van der Waals surface area contributed by atoms with Crippen LogP contribution in [0.5, 0.6) is 5.75 Å². The monoisotopic (exact) mass is 433 g/mol. The van der Waals surface area contributed by atoms with E-state index >= 15 is 0 Å². The van der Waals surface area contributed by atoms with E-state index in [9.17, 15) is 4.79 Å². The van der Waals surface area contributed by atoms with Gasteiger partial charge >= 0.3 is 0 Å². The van der Waals surface area contributed by atoms with Gasteiger partial charge in [0.05, 0.1) is 12.8 Å². The largest absolute Gasteiger partial charge is 0.497 e. The topological polar surface area (TPSA) is 72.6 Å². The standard InChI is InChI=1S/C23H23N5O2S/c1-15-20(31-22(24-15)17-6-5-7-18(14-17)30-2)23(29)27-12-9-16(10-13-27)21-26-25-19-8-3-4-11-28(19)21/h3-8,11,14,16H,9-10,12-13H2,1-2H3. The van der Waals surface area contributed by atoms with Gasteiger partial charge in [0.2, 0.25) is 0 Å². The summed E-state index contributed by atoms with van der Waals surface area (Å²) in [6.07, 6.45) is 3.76. The van der Waals surface area contributed by atoms with E-state index in [1.807, 2.05) is 60.5 Å². The third-order valence-electron chi connectivity index (χ3n) is 5.79. The third-order valence-corrected chi connectivity index (χ3v) is 6.99. The van der Waals surface area contributed by atoms with E-state index < -0.39 is 0 Å². The minimum Gasteiger partial charge on any atom is -0.497 e. The van der Waals surface area contributed by atoms with Crippen molar-refractivity contribution in [3.63, 3.8) is 0 Å². The number of fused-ring (bicyclic) bond motifs is 1. The number of carbonyl (C=O) groups is 1. The number of amides is 1. The van der Waals surface area contributed by atoms with Crippen LogP contribution in [-0.2, 0) is 0 Å². The number of hydrogen-bond donors (Lipinski definition) is 0. The minimum atomic E-state index is 0.0636. The van der Waals surface area contributed by atoms with Gasteiger partial charge in [0.25, 0.3) is 5.91 Å². The number of piperidine rings is 1. The summed E-state index contributed by atoms with van der Waals surface area (Å²) in [5.74, 6) is 2.13. The van der Waals surface area contributed by atoms with Crippen molar-refractivity contribution in [3.8, 4) is 16.3 Å². The smallest absolute Gasteiger partial charge is 0.265 e. The van der Waals surface area contributed by atoms with Crippen LogP contribution in [0.4, 0.5) is 0 Å². The molecular weight excluding hydrogens is 410 g/mol. The van der Waals surface area contributed by atoms with E-state index in [-0.39, 0.29) is 5.91 Å². The zero-order valence-corrected chi connectivity index (χ0v) is 18.3. The summed E-state index contributed by atoms with van der Waals surface area (Å²) in [5, 5.41) is 9.51. The summed E-state index contributed by atoms with van der Waals surface area (Å²) in [6.45, 7) is 3.32. The molecule has 1 saturated heterocycles. The van der Waals surface area contributed by atoms with Gasteiger partial charge in [0.1, 0.15) is 21.5 Å². The van der Waals surface area contributed by atoms with Crippen LogP contribution in [0.15, 0.2) is 48.7 Å². The Morgan fingerprint density at radius 1 is 1.13 bits per heavy atom. The second-order valence-corrected chi connectivity index (χ2v) is 8.72. The van der Waals surface area contributed by atoms with Crippen LogP contribution >= 0.6 is 11.3 Å². The maximum absolute atomic E-state index is 13.2. The van der Waals surface area contributed by atoms with Crippen LogP contribution in [0.2, 0.25) is 0 Å². The number of rotatable bonds is 4. The van der Waals surface area contributed by atoms with Crippen LogP contribution in [0, 0.1) is 6.92 Å². The molecule has 4 aromatic rings. The molecule has 0 radical (unpaired) electrons. The Morgan fingerprint density at radius 3 is 2.77 bits per heavy atom. The van der Waals surface area contributed by atoms with Gasteiger partial charge < -0.3 is 9.64 Å². The van der Waals surface area contributed by atoms with Gasteiger partial charge in [-0.25, -0.2) is 4.98 Å². The van der Waals surface area contributed by atoms with Gasteiger partial charge in [-0.15, -0.1) is 21.5 Å². The number of pyridine rings is 1. The van der Waals surface area contributed by atoms with Crippen LogP contribution in [0.25, 0.3) is 16.2 Å². The van der Waals surface area contributed by atoms with Gasteiger partial charge in [-0.1, -0.05) is 18.2 Å². The number of methoxy groups -OCH3 is 1. The van der Waals surface area contributed by atoms with Gasteiger partial charge in [0, 0.05) is 30.8 Å². The molecule has 1 aromatic carbocycles. The number of nitrogens with zero attached hydrogens (tertiary/aromatic N) is 5. The fraction of sp³-hybridized carbons (Fsp3) is 0.304. The molecule has 4 heterocycles. The molecule has 7 nitrogen and oxygen atoms in total. The molecule has 1 fully saturated rings. The molecule has 5 rings (SSSR count). The minimum absolute atomic E-state index is 0.0636. The predicted octanol–water partition coefficient (Wildman–Crippen LogP) is 4.19. The number of hydrogen-bond acceptors (Lipinski definition) is 6. The molecule has 1 aliphatic rings. The van der Waals surface area contributed by atoms with E-state index in [0.717, 1.165) is 46.3 Å². The molecule has 1 aliphatic heterocycles. The molecule has 0 unspecified atom stereocenters. The van der Waals surface area contributed by atoms with Crippen molar-refractivity contribution in [2.24, 2.45) is 0 Å². The van der Waals surface area contributed by atoms with Crippen molar-refractivity contribution in [3.05, 3.63) is 65.1 Å². The first kappa shape index (κ1) is 19.7. The maximum atomic E-state index is 13.2. The SMILES string of the molecule is COc1cccc(-c2nc(C)c(C(=O)N3CCC(c4nnc5ccccn45)CC3)s2)c1. The molecule has 0 N–H and O–H groups in total. The fourth-order valence-electron chi connectivity index (χ4n) is 4.10. The van der Waals surface area contributed by atoms with Gasteiger partial charge in [0.15, 0.2) is 5.65 Å². The highest BCUT2D eigenvalue weighted by atomic mass is 32.1. The highest BCUT2D eigenvalue weighted by Gasteiger charge is 2.29. The van der Waals surface area contributed by atoms with Crippen molar-refractivity contribution >= 4 is 22.9 Å². The second-order valence-electron chi connectivity index (χ2n) is 7.72. The van der Waals surface area contributed by atoms with Crippen molar-refractivity contribution in [1.82, 2.24) is 24.5 Å². The van der Waals surface area contributed by atoms with Gasteiger partial charge in [-0.05, 0) is 44.0 Å². The van der Waals surface area contributed by atoms with E-state index in [0.29, 0.717) is 23.9 Å². The molecule has 0 spiro atoms. The first-order valence-electron chi connectivity index (χ1n) is 10.3. The lowest BCUT2D eigenvalue weighted by Gasteiger charge is -2.31. The Labute approximate surface area is 184 Å². The quantitative estimate of drug-likeness (QED) is 0.483. The van der Waals surface area contributed by atoms with E-state index in [2.05, 4.69) is 19.6 Å². The van der Waals surface area contributed by atoms with Gasteiger partial charge in [-0.2, -0.15) is 0 Å². The third kappa shape index (κ3) is 3.67. The number of aryl methyl sites for hydroxylation is 1. The molecule has 158 valence electrons. The van der Waals surface area contributed by atoms with Crippen LogP contribution in [0.1, 0.15) is 39.9 Å². The lowest BCUT2D eigenvalue weighted by atomic mass is 9.96. The van der Waals surface area contributed by atoms with Crippen LogP contribution < -0.4 is 4.74 Å². The summed E-state index contributed by atoms with van der Waals surface area (Å²) >= 11 is 1.45. The summed E-state index contributed by atoms with van der Waals surface area (Å²) in [7, 11) is 1.65. The molecule has 8 heteroatoms. The average molecular weight is 434 g/mol. The normalized spacial score (nSPS) is 14.8. The summed E-state index contributed by atoms with van der Waals surface area (Å²) in [6, 6.07) is 13.7. The molecule has 0 aliphatic carbocycles. The van der Waals surface area contributed by atoms with Crippen molar-refractivity contribution in [2.75, 3.05) is 20.2 Å². The lowest BCUT2D eigenvalue weighted by molar-refractivity contribution is 0.0715. The van der Waals surface area contributed by atoms with E-state index in [1.54, 1.807) is 7.11 Å². The first-order valence-corrected chi connectivity index (χ1v) is 11.2. The predicted molar refractivity (Wildman–Crippen MR) is 120 cm³/mol. The highest BCUT2D eigenvalue weighted by Crippen LogP contribution is 2.33. The molecule has 3 aromatic heterocycles. The molecule has 0 atom stereocenters. The fourth-order valence-corrected chi connectivity index (χ4v) is 5.13. The van der Waals surface area contributed by atoms with Crippen LogP contribution in [0.3, 0.4) is 0 Å². The average Bonchev–Trinajstić information content (AvgIpc) is 3.42. The van der Waals surface area contributed by atoms with E-state index in [4.69, 9.17) is 4.74 Å². The Balaban J connectivity index is 1.31. The number of carbonyl (C=O) groups excluding carboxylic acids is 1. The lowest BCUT2D eigenvalue weighted by Crippen LogP contribution is -2.38. The molecule has 31 heavy (non-hydrogen) atoms. The highest BCUT2D eigenvalue weighted by molar-refractivity contribution is 7.17. The molecule has 0 bridgehead atoms. The first-order chi connectivity index (χ1) is 15.1. The van der Waals surface area contributed by atoms with Crippen molar-refractivity contribution in [1.29, 1.82) is 0 Å². The van der Waals surface area contributed by atoms with Crippen LogP contribution in [-0.4, -0.2) is 50.6 Å². The van der Waals surface area contributed by atoms with Gasteiger partial charge in [-0.3, -0.25) is 9.20 Å². The molecular formula is C23H23N5O2S. The summed E-state index contributed by atoms with van der Waals surface area (Å²) in [4.78, 5) is 20.5. The Kier molecular flexibility index (Phi) is 5.15. The Morgan fingerprint density at radius 2 is 1.97 bits per heavy atom. The Bertz CT molecular complexity index is 1240. The number of likely N-dealkylation sites (tertiary alicyclic amines) is 1. The number of ether oxygens (including phenoxy) is 1.